The fourth-order valence-corrected chi connectivity index (χ4v) is 2.92. The van der Waals surface area contributed by atoms with Gasteiger partial charge >= 0.3 is 12.0 Å². The first-order chi connectivity index (χ1) is 9.06. The van der Waals surface area contributed by atoms with E-state index in [-0.39, 0.29) is 12.3 Å². The van der Waals surface area contributed by atoms with Gasteiger partial charge in [0.05, 0.1) is 11.2 Å². The normalized spacial score (nSPS) is 26.2. The Hall–Kier alpha value is -1.31. The Morgan fingerprint density at radius 2 is 2.05 bits per heavy atom. The number of carbonyl (C=O) groups excluding carboxylic acids is 1. The number of carbonyl (C=O) groups is 2. The second kappa shape index (κ2) is 5.99. The zero-order valence-electron chi connectivity index (χ0n) is 12.0. The van der Waals surface area contributed by atoms with E-state index in [1.54, 1.807) is 6.92 Å². The Morgan fingerprint density at radius 3 is 2.55 bits per heavy atom. The fraction of sp³-hybridized carbons (Fsp3) is 0.833. The molecule has 0 bridgehead atoms. The van der Waals surface area contributed by atoms with Crippen LogP contribution in [-0.4, -0.2) is 62.1 Å². The van der Waals surface area contributed by atoms with Crippen molar-refractivity contribution in [2.45, 2.75) is 32.2 Å². The number of sulfone groups is 1. The summed E-state index contributed by atoms with van der Waals surface area (Å²) in [4.78, 5) is 24.5. The molecule has 0 spiro atoms. The molecule has 0 aromatic heterocycles. The van der Waals surface area contributed by atoms with Crippen molar-refractivity contribution in [2.75, 3.05) is 25.6 Å². The number of amides is 2. The highest BCUT2D eigenvalue weighted by atomic mass is 32.2. The molecule has 7 nitrogen and oxygen atoms in total. The first-order valence-corrected chi connectivity index (χ1v) is 8.55. The lowest BCUT2D eigenvalue weighted by Crippen LogP contribution is -2.51. The molecule has 0 aromatic rings. The average Bonchev–Trinajstić information content (AvgIpc) is 2.68. The molecular formula is C12H22N2O5S. The quantitative estimate of drug-likeness (QED) is 0.761. The highest BCUT2D eigenvalue weighted by Gasteiger charge is 2.46. The SMILES string of the molecule is CN(CCS(C)(=O)=O)C(=O)NC1CCCC1(C)C(=O)O. The zero-order valence-corrected chi connectivity index (χ0v) is 12.9. The monoisotopic (exact) mass is 306 g/mol. The van der Waals surface area contributed by atoms with Gasteiger partial charge in [0.2, 0.25) is 0 Å². The molecule has 2 atom stereocenters. The van der Waals surface area contributed by atoms with Crippen LogP contribution in [0.3, 0.4) is 0 Å². The van der Waals surface area contributed by atoms with E-state index >= 15 is 0 Å². The molecule has 0 saturated heterocycles. The Bertz CT molecular complexity index is 490. The third-order valence-electron chi connectivity index (χ3n) is 3.89. The van der Waals surface area contributed by atoms with Crippen LogP contribution in [0, 0.1) is 5.41 Å². The van der Waals surface area contributed by atoms with Gasteiger partial charge in [-0.25, -0.2) is 13.2 Å². The first-order valence-electron chi connectivity index (χ1n) is 6.49. The van der Waals surface area contributed by atoms with E-state index in [9.17, 15) is 23.1 Å². The molecule has 0 radical (unpaired) electrons. The van der Waals surface area contributed by atoms with E-state index in [4.69, 9.17) is 0 Å². The van der Waals surface area contributed by atoms with E-state index < -0.39 is 33.3 Å². The van der Waals surface area contributed by atoms with Crippen LogP contribution in [0.25, 0.3) is 0 Å². The molecule has 2 N–H and O–H groups in total. The summed E-state index contributed by atoms with van der Waals surface area (Å²) < 4.78 is 22.1. The Balaban J connectivity index is 2.59. The second-order valence-electron chi connectivity index (χ2n) is 5.67. The Kier molecular flexibility index (Phi) is 5.01. The molecule has 0 aromatic carbocycles. The minimum absolute atomic E-state index is 0.0845. The fourth-order valence-electron chi connectivity index (χ4n) is 2.32. The standard InChI is InChI=1S/C12H22N2O5S/c1-12(10(15)16)6-4-5-9(12)13-11(17)14(2)7-8-20(3,18)19/h9H,4-8H2,1-3H3,(H,13,17)(H,15,16). The van der Waals surface area contributed by atoms with Gasteiger partial charge in [-0.2, -0.15) is 0 Å². The topological polar surface area (TPSA) is 104 Å². The Morgan fingerprint density at radius 1 is 1.45 bits per heavy atom. The molecule has 2 amide bonds. The number of hydrogen-bond acceptors (Lipinski definition) is 4. The van der Waals surface area contributed by atoms with Crippen molar-refractivity contribution in [3.8, 4) is 0 Å². The minimum Gasteiger partial charge on any atom is -0.481 e. The van der Waals surface area contributed by atoms with Gasteiger partial charge in [0, 0.05) is 25.9 Å². The lowest BCUT2D eigenvalue weighted by molar-refractivity contribution is -0.148. The van der Waals surface area contributed by atoms with Crippen molar-refractivity contribution in [1.29, 1.82) is 0 Å². The zero-order chi connectivity index (χ0) is 15.6. The molecule has 0 aliphatic heterocycles. The lowest BCUT2D eigenvalue weighted by Gasteiger charge is -2.29. The summed E-state index contributed by atoms with van der Waals surface area (Å²) in [6.45, 7) is 1.71. The van der Waals surface area contributed by atoms with Gasteiger partial charge < -0.3 is 15.3 Å². The smallest absolute Gasteiger partial charge is 0.317 e. The molecule has 1 saturated carbocycles. The van der Waals surface area contributed by atoms with Crippen LogP contribution >= 0.6 is 0 Å². The average molecular weight is 306 g/mol. The minimum atomic E-state index is -3.13. The maximum Gasteiger partial charge on any atom is 0.317 e. The third-order valence-corrected chi connectivity index (χ3v) is 4.81. The molecular weight excluding hydrogens is 284 g/mol. The highest BCUT2D eigenvalue weighted by molar-refractivity contribution is 7.90. The van der Waals surface area contributed by atoms with Gasteiger partial charge in [-0.15, -0.1) is 0 Å². The summed E-state index contributed by atoms with van der Waals surface area (Å²) >= 11 is 0. The summed E-state index contributed by atoms with van der Waals surface area (Å²) in [5, 5.41) is 12.0. The van der Waals surface area contributed by atoms with Gasteiger partial charge in [0.15, 0.2) is 0 Å². The first kappa shape index (κ1) is 16.7. The summed E-state index contributed by atoms with van der Waals surface area (Å²) in [6.07, 6.45) is 3.01. The van der Waals surface area contributed by atoms with Gasteiger partial charge in [0.25, 0.3) is 0 Å². The summed E-state index contributed by atoms with van der Waals surface area (Å²) in [6, 6.07) is -0.860. The molecule has 1 aliphatic rings. The summed E-state index contributed by atoms with van der Waals surface area (Å²) in [5.41, 5.74) is -0.951. The number of rotatable bonds is 5. The number of aliphatic carboxylic acids is 1. The van der Waals surface area contributed by atoms with Gasteiger partial charge in [-0.05, 0) is 19.8 Å². The van der Waals surface area contributed by atoms with Crippen molar-refractivity contribution in [3.63, 3.8) is 0 Å². The molecule has 1 fully saturated rings. The van der Waals surface area contributed by atoms with Crippen LogP contribution in [0.2, 0.25) is 0 Å². The molecule has 1 rings (SSSR count). The van der Waals surface area contributed by atoms with E-state index in [0.29, 0.717) is 12.8 Å². The van der Waals surface area contributed by atoms with E-state index in [2.05, 4.69) is 5.32 Å². The van der Waals surface area contributed by atoms with Gasteiger partial charge in [-0.3, -0.25) is 4.79 Å². The van der Waals surface area contributed by atoms with Crippen LogP contribution < -0.4 is 5.32 Å². The van der Waals surface area contributed by atoms with Crippen LogP contribution in [0.5, 0.6) is 0 Å². The van der Waals surface area contributed by atoms with Crippen molar-refractivity contribution in [2.24, 2.45) is 5.41 Å². The maximum atomic E-state index is 12.0. The van der Waals surface area contributed by atoms with E-state index in [1.807, 2.05) is 0 Å². The largest absolute Gasteiger partial charge is 0.481 e. The van der Waals surface area contributed by atoms with Crippen molar-refractivity contribution < 1.29 is 23.1 Å². The van der Waals surface area contributed by atoms with E-state index in [0.717, 1.165) is 12.7 Å². The van der Waals surface area contributed by atoms with Crippen LogP contribution in [0.15, 0.2) is 0 Å². The van der Waals surface area contributed by atoms with Crippen molar-refractivity contribution in [3.05, 3.63) is 0 Å². The molecule has 8 heteroatoms. The number of nitrogens with zero attached hydrogens (tertiary/aromatic N) is 1. The number of hydrogen-bond donors (Lipinski definition) is 2. The van der Waals surface area contributed by atoms with Crippen LogP contribution in [-0.2, 0) is 14.6 Å². The second-order valence-corrected chi connectivity index (χ2v) is 7.93. The summed E-state index contributed by atoms with van der Waals surface area (Å²) in [7, 11) is -1.64. The molecule has 20 heavy (non-hydrogen) atoms. The van der Waals surface area contributed by atoms with Crippen molar-refractivity contribution in [1.82, 2.24) is 10.2 Å². The molecule has 0 heterocycles. The number of nitrogens with one attached hydrogen (secondary N) is 1. The molecule has 1 aliphatic carbocycles. The van der Waals surface area contributed by atoms with E-state index in [1.165, 1.54) is 11.9 Å². The number of carboxylic acids is 1. The van der Waals surface area contributed by atoms with Gasteiger partial charge in [-0.1, -0.05) is 6.42 Å². The predicted octanol–water partition coefficient (Wildman–Crippen LogP) is 0.316. The molecule has 116 valence electrons. The predicted molar refractivity (Wildman–Crippen MR) is 74.3 cm³/mol. The molecule has 2 unspecified atom stereocenters. The van der Waals surface area contributed by atoms with Crippen LogP contribution in [0.4, 0.5) is 4.79 Å². The Labute approximate surface area is 119 Å². The number of urea groups is 1. The third kappa shape index (κ3) is 4.09. The highest BCUT2D eigenvalue weighted by Crippen LogP contribution is 2.38. The lowest BCUT2D eigenvalue weighted by atomic mass is 9.85. The summed E-state index contributed by atoms with van der Waals surface area (Å²) in [5.74, 6) is -1.03. The number of carboxylic acid groups (broad SMARTS) is 1. The van der Waals surface area contributed by atoms with Gasteiger partial charge in [0.1, 0.15) is 9.84 Å². The van der Waals surface area contributed by atoms with Crippen molar-refractivity contribution >= 4 is 21.8 Å². The maximum absolute atomic E-state index is 12.0. The van der Waals surface area contributed by atoms with Crippen LogP contribution in [0.1, 0.15) is 26.2 Å².